The van der Waals surface area contributed by atoms with Crippen molar-refractivity contribution in [1.29, 1.82) is 0 Å². The molecule has 20 heavy (non-hydrogen) atoms. The molecule has 1 atom stereocenters. The SMILES string of the molecule is CCOc1ccc(C(C)NC)cc1CN(C)CC1CC1. The van der Waals surface area contributed by atoms with Gasteiger partial charge in [-0.2, -0.15) is 0 Å². The molecule has 1 aromatic rings. The molecule has 112 valence electrons. The second kappa shape index (κ2) is 7.09. The van der Waals surface area contributed by atoms with Crippen molar-refractivity contribution in [3.05, 3.63) is 29.3 Å². The van der Waals surface area contributed by atoms with Crippen LogP contribution in [0.4, 0.5) is 0 Å². The van der Waals surface area contributed by atoms with E-state index in [-0.39, 0.29) is 0 Å². The third kappa shape index (κ3) is 4.22. The number of hydrogen-bond donors (Lipinski definition) is 1. The fourth-order valence-electron chi connectivity index (χ4n) is 2.55. The third-order valence-corrected chi connectivity index (χ3v) is 4.02. The third-order valence-electron chi connectivity index (χ3n) is 4.02. The molecule has 1 saturated carbocycles. The standard InChI is InChI=1S/C17H28N2O/c1-5-20-17-9-8-15(13(2)18-3)10-16(17)12-19(4)11-14-6-7-14/h8-10,13-14,18H,5-7,11-12H2,1-4H3. The van der Waals surface area contributed by atoms with E-state index in [2.05, 4.69) is 42.4 Å². The van der Waals surface area contributed by atoms with Crippen LogP contribution in [0.25, 0.3) is 0 Å². The molecule has 3 heteroatoms. The van der Waals surface area contributed by atoms with Crippen LogP contribution in [0, 0.1) is 5.92 Å². The lowest BCUT2D eigenvalue weighted by molar-refractivity contribution is 0.294. The maximum absolute atomic E-state index is 5.78. The summed E-state index contributed by atoms with van der Waals surface area (Å²) in [6.07, 6.45) is 2.80. The van der Waals surface area contributed by atoms with Gasteiger partial charge in [0.1, 0.15) is 5.75 Å². The van der Waals surface area contributed by atoms with Gasteiger partial charge in [-0.05, 0) is 64.4 Å². The lowest BCUT2D eigenvalue weighted by atomic mass is 10.0. The molecule has 1 unspecified atom stereocenters. The van der Waals surface area contributed by atoms with Crippen LogP contribution in [-0.4, -0.2) is 32.1 Å². The first kappa shape index (κ1) is 15.3. The summed E-state index contributed by atoms with van der Waals surface area (Å²) in [6.45, 7) is 7.13. The predicted octanol–water partition coefficient (Wildman–Crippen LogP) is 3.21. The molecule has 0 saturated heterocycles. The first-order valence-electron chi connectivity index (χ1n) is 7.75. The van der Waals surface area contributed by atoms with Gasteiger partial charge in [0.15, 0.2) is 0 Å². The molecule has 0 aliphatic heterocycles. The number of nitrogens with one attached hydrogen (secondary N) is 1. The van der Waals surface area contributed by atoms with Crippen molar-refractivity contribution < 1.29 is 4.74 Å². The summed E-state index contributed by atoms with van der Waals surface area (Å²) in [5, 5.41) is 3.30. The molecule has 1 aromatic carbocycles. The fraction of sp³-hybridized carbons (Fsp3) is 0.647. The van der Waals surface area contributed by atoms with Gasteiger partial charge >= 0.3 is 0 Å². The van der Waals surface area contributed by atoms with Crippen LogP contribution in [0.15, 0.2) is 18.2 Å². The van der Waals surface area contributed by atoms with Gasteiger partial charge in [0.25, 0.3) is 0 Å². The highest BCUT2D eigenvalue weighted by molar-refractivity contribution is 5.38. The zero-order chi connectivity index (χ0) is 14.5. The summed E-state index contributed by atoms with van der Waals surface area (Å²) < 4.78 is 5.78. The highest BCUT2D eigenvalue weighted by atomic mass is 16.5. The molecule has 0 aromatic heterocycles. The van der Waals surface area contributed by atoms with Crippen molar-refractivity contribution in [3.8, 4) is 5.75 Å². The zero-order valence-electron chi connectivity index (χ0n) is 13.3. The fourth-order valence-corrected chi connectivity index (χ4v) is 2.55. The van der Waals surface area contributed by atoms with Gasteiger partial charge in [-0.1, -0.05) is 6.07 Å². The zero-order valence-corrected chi connectivity index (χ0v) is 13.3. The van der Waals surface area contributed by atoms with E-state index in [1.54, 1.807) is 0 Å². The van der Waals surface area contributed by atoms with Gasteiger partial charge in [-0.15, -0.1) is 0 Å². The summed E-state index contributed by atoms with van der Waals surface area (Å²) >= 11 is 0. The van der Waals surface area contributed by atoms with E-state index in [0.717, 1.165) is 24.8 Å². The number of nitrogens with zero attached hydrogens (tertiary/aromatic N) is 1. The first-order valence-corrected chi connectivity index (χ1v) is 7.75. The molecule has 1 aliphatic carbocycles. The molecule has 1 N–H and O–H groups in total. The van der Waals surface area contributed by atoms with Gasteiger partial charge in [-0.3, -0.25) is 0 Å². The first-order chi connectivity index (χ1) is 9.63. The second-order valence-electron chi connectivity index (χ2n) is 5.95. The Bertz CT molecular complexity index is 429. The lowest BCUT2D eigenvalue weighted by Gasteiger charge is -2.20. The Morgan fingerprint density at radius 2 is 2.15 bits per heavy atom. The van der Waals surface area contributed by atoms with Crippen molar-refractivity contribution in [2.75, 3.05) is 27.2 Å². The van der Waals surface area contributed by atoms with E-state index in [1.165, 1.54) is 30.5 Å². The van der Waals surface area contributed by atoms with Gasteiger partial charge in [0.2, 0.25) is 0 Å². The minimum Gasteiger partial charge on any atom is -0.494 e. The maximum Gasteiger partial charge on any atom is 0.123 e. The molecular weight excluding hydrogens is 248 g/mol. The number of ether oxygens (including phenoxy) is 1. The van der Waals surface area contributed by atoms with E-state index < -0.39 is 0 Å². The number of benzene rings is 1. The van der Waals surface area contributed by atoms with Crippen molar-refractivity contribution >= 4 is 0 Å². The summed E-state index contributed by atoms with van der Waals surface area (Å²) in [6, 6.07) is 6.94. The molecule has 0 radical (unpaired) electrons. The Morgan fingerprint density at radius 1 is 1.40 bits per heavy atom. The van der Waals surface area contributed by atoms with Crippen LogP contribution in [0.5, 0.6) is 5.75 Å². The molecule has 1 fully saturated rings. The molecule has 0 amide bonds. The minimum absolute atomic E-state index is 0.373. The van der Waals surface area contributed by atoms with E-state index >= 15 is 0 Å². The van der Waals surface area contributed by atoms with Crippen LogP contribution >= 0.6 is 0 Å². The summed E-state index contributed by atoms with van der Waals surface area (Å²) in [5.41, 5.74) is 2.63. The van der Waals surface area contributed by atoms with Gasteiger partial charge in [0.05, 0.1) is 6.61 Å². The van der Waals surface area contributed by atoms with Crippen molar-refractivity contribution in [2.45, 2.75) is 39.3 Å². The lowest BCUT2D eigenvalue weighted by Crippen LogP contribution is -2.21. The smallest absolute Gasteiger partial charge is 0.123 e. The summed E-state index contributed by atoms with van der Waals surface area (Å²) in [5.74, 6) is 1.96. The molecule has 0 heterocycles. The van der Waals surface area contributed by atoms with E-state index in [4.69, 9.17) is 4.74 Å². The Kier molecular flexibility index (Phi) is 5.44. The monoisotopic (exact) mass is 276 g/mol. The van der Waals surface area contributed by atoms with E-state index in [1.807, 2.05) is 14.0 Å². The normalized spacial score (nSPS) is 16.4. The Labute approximate surface area is 123 Å². The maximum atomic E-state index is 5.78. The van der Waals surface area contributed by atoms with Gasteiger partial charge < -0.3 is 15.0 Å². The molecule has 0 bridgehead atoms. The van der Waals surface area contributed by atoms with E-state index in [0.29, 0.717) is 6.04 Å². The largest absolute Gasteiger partial charge is 0.494 e. The molecule has 1 aliphatic rings. The average molecular weight is 276 g/mol. The van der Waals surface area contributed by atoms with Crippen LogP contribution in [0.3, 0.4) is 0 Å². The Hall–Kier alpha value is -1.06. The Morgan fingerprint density at radius 3 is 2.75 bits per heavy atom. The molecule has 0 spiro atoms. The summed E-state index contributed by atoms with van der Waals surface area (Å²) in [7, 11) is 4.21. The summed E-state index contributed by atoms with van der Waals surface area (Å²) in [4.78, 5) is 2.42. The van der Waals surface area contributed by atoms with Crippen LogP contribution in [0.1, 0.15) is 43.9 Å². The highest BCUT2D eigenvalue weighted by Crippen LogP contribution is 2.31. The average Bonchev–Trinajstić information content (AvgIpc) is 3.23. The predicted molar refractivity (Wildman–Crippen MR) is 84.1 cm³/mol. The molecular formula is C17H28N2O. The van der Waals surface area contributed by atoms with Crippen molar-refractivity contribution in [2.24, 2.45) is 5.92 Å². The molecule has 2 rings (SSSR count). The van der Waals surface area contributed by atoms with Crippen LogP contribution in [-0.2, 0) is 6.54 Å². The van der Waals surface area contributed by atoms with Crippen molar-refractivity contribution in [3.63, 3.8) is 0 Å². The van der Waals surface area contributed by atoms with E-state index in [9.17, 15) is 0 Å². The topological polar surface area (TPSA) is 24.5 Å². The van der Waals surface area contributed by atoms with Gasteiger partial charge in [-0.25, -0.2) is 0 Å². The molecule has 3 nitrogen and oxygen atoms in total. The Balaban J connectivity index is 2.11. The van der Waals surface area contributed by atoms with Crippen molar-refractivity contribution in [1.82, 2.24) is 10.2 Å². The number of rotatable bonds is 8. The second-order valence-corrected chi connectivity index (χ2v) is 5.95. The van der Waals surface area contributed by atoms with Crippen LogP contribution in [0.2, 0.25) is 0 Å². The quantitative estimate of drug-likeness (QED) is 0.789. The van der Waals surface area contributed by atoms with Gasteiger partial charge in [0, 0.05) is 24.7 Å². The highest BCUT2D eigenvalue weighted by Gasteiger charge is 2.23. The van der Waals surface area contributed by atoms with Crippen LogP contribution < -0.4 is 10.1 Å². The minimum atomic E-state index is 0.373. The number of hydrogen-bond acceptors (Lipinski definition) is 3.